The van der Waals surface area contributed by atoms with Crippen molar-refractivity contribution < 1.29 is 23.4 Å². The monoisotopic (exact) mass is 397 g/mol. The van der Waals surface area contributed by atoms with Gasteiger partial charge in [0.15, 0.2) is 6.21 Å². The van der Waals surface area contributed by atoms with Crippen molar-refractivity contribution in [3.05, 3.63) is 70.4 Å². The molecule has 0 heterocycles. The van der Waals surface area contributed by atoms with E-state index in [4.69, 9.17) is 22.7 Å². The number of carbonyl (C=O) groups excluding carboxylic acids is 1. The fourth-order valence-corrected chi connectivity index (χ4v) is 2.51. The van der Waals surface area contributed by atoms with Gasteiger partial charge in [0, 0.05) is 18.4 Å². The maximum absolute atomic E-state index is 12.9. The van der Waals surface area contributed by atoms with Gasteiger partial charge >= 0.3 is 12.2 Å². The number of carbonyl (C=O) groups is 1. The number of anilines is 1. The summed E-state index contributed by atoms with van der Waals surface area (Å²) >= 11 is 5.55. The summed E-state index contributed by atoms with van der Waals surface area (Å²) in [7, 11) is 0. The smallest absolute Gasteiger partial charge is 0.404 e. The maximum Gasteiger partial charge on any atom is 0.417 e. The zero-order valence-corrected chi connectivity index (χ0v) is 14.7. The fraction of sp³-hybridized carbons (Fsp3) is 0.111. The lowest BCUT2D eigenvalue weighted by atomic mass is 10.0. The van der Waals surface area contributed by atoms with Crippen LogP contribution in [0.1, 0.15) is 16.7 Å². The molecule has 0 radical (unpaired) electrons. The molecule has 9 heteroatoms. The standard InChI is InChI=1S/C18H16ClF3N4O/c19-16-5-4-14(7-15(16)18(20,21)22)26-17(27)25-10-11-2-1-3-12(6-11)13(8-23)9-24/h1-9,23H,10,24H2,(H2,25,26,27)/p+1/b13-9+,23-8?. The number of nitrogens with two attached hydrogens (primary N) is 2. The highest BCUT2D eigenvalue weighted by Gasteiger charge is 2.33. The van der Waals surface area contributed by atoms with Crippen LogP contribution in [0.4, 0.5) is 23.7 Å². The van der Waals surface area contributed by atoms with Crippen LogP contribution < -0.4 is 21.8 Å². The van der Waals surface area contributed by atoms with Crippen molar-refractivity contribution in [2.24, 2.45) is 5.73 Å². The van der Waals surface area contributed by atoms with Crippen LogP contribution in [-0.2, 0) is 12.7 Å². The van der Waals surface area contributed by atoms with E-state index in [1.807, 2.05) is 0 Å². The van der Waals surface area contributed by atoms with Crippen LogP contribution in [0.25, 0.3) is 5.57 Å². The van der Waals surface area contributed by atoms with E-state index in [-0.39, 0.29) is 12.2 Å². The first-order valence-corrected chi connectivity index (χ1v) is 8.10. The number of nitrogens with one attached hydrogen (secondary N) is 2. The fourth-order valence-electron chi connectivity index (χ4n) is 2.29. The first-order chi connectivity index (χ1) is 12.7. The van der Waals surface area contributed by atoms with E-state index in [9.17, 15) is 18.0 Å². The molecule has 0 spiro atoms. The zero-order valence-electron chi connectivity index (χ0n) is 14.0. The lowest BCUT2D eigenvalue weighted by Crippen LogP contribution is -2.30. The van der Waals surface area contributed by atoms with Crippen LogP contribution in [0.15, 0.2) is 48.7 Å². The summed E-state index contributed by atoms with van der Waals surface area (Å²) in [6.07, 6.45) is -1.89. The molecule has 5 nitrogen and oxygen atoms in total. The van der Waals surface area contributed by atoms with Gasteiger partial charge in [0.1, 0.15) is 0 Å². The SMILES string of the molecule is N/C=C(\C=[NH2+])c1cccc(CNC(=O)Nc2ccc(Cl)c(C(F)(F)F)c2)c1. The Bertz CT molecular complexity index is 881. The number of alkyl halides is 3. The molecule has 0 bridgehead atoms. The summed E-state index contributed by atoms with van der Waals surface area (Å²) in [4.78, 5) is 12.0. The number of hydrogen-bond acceptors (Lipinski definition) is 2. The molecule has 0 aliphatic heterocycles. The van der Waals surface area contributed by atoms with Crippen molar-refractivity contribution >= 4 is 35.1 Å². The summed E-state index contributed by atoms with van der Waals surface area (Å²) in [5.41, 5.74) is 6.60. The minimum atomic E-state index is -4.61. The summed E-state index contributed by atoms with van der Waals surface area (Å²) in [5, 5.41) is 9.96. The maximum atomic E-state index is 12.9. The molecule has 142 valence electrons. The molecule has 2 amide bonds. The highest BCUT2D eigenvalue weighted by atomic mass is 35.5. The number of allylic oxidation sites excluding steroid dienone is 1. The van der Waals surface area contributed by atoms with Crippen LogP contribution in [0, 0.1) is 0 Å². The average molecular weight is 398 g/mol. The highest BCUT2D eigenvalue weighted by Crippen LogP contribution is 2.36. The molecule has 27 heavy (non-hydrogen) atoms. The van der Waals surface area contributed by atoms with Gasteiger partial charge in [0.25, 0.3) is 0 Å². The summed E-state index contributed by atoms with van der Waals surface area (Å²) < 4.78 is 38.6. The van der Waals surface area contributed by atoms with Crippen molar-refractivity contribution in [3.8, 4) is 0 Å². The number of rotatable bonds is 5. The molecule has 0 atom stereocenters. The minimum Gasteiger partial charge on any atom is -0.404 e. The Labute approximate surface area is 158 Å². The van der Waals surface area contributed by atoms with Gasteiger partial charge in [-0.15, -0.1) is 0 Å². The lowest BCUT2D eigenvalue weighted by molar-refractivity contribution is -0.137. The number of amides is 2. The average Bonchev–Trinajstić information content (AvgIpc) is 2.62. The molecule has 0 aliphatic carbocycles. The highest BCUT2D eigenvalue weighted by molar-refractivity contribution is 6.31. The van der Waals surface area contributed by atoms with E-state index in [1.54, 1.807) is 24.3 Å². The topological polar surface area (TPSA) is 92.7 Å². The van der Waals surface area contributed by atoms with Gasteiger partial charge < -0.3 is 16.4 Å². The molecular weight excluding hydrogens is 381 g/mol. The molecule has 6 N–H and O–H groups in total. The minimum absolute atomic E-state index is 0.0240. The van der Waals surface area contributed by atoms with E-state index in [2.05, 4.69) is 10.6 Å². The third-order valence-corrected chi connectivity index (χ3v) is 3.93. The third-order valence-electron chi connectivity index (χ3n) is 3.60. The quantitative estimate of drug-likeness (QED) is 0.584. The Morgan fingerprint density at radius 3 is 2.59 bits per heavy atom. The second-order valence-corrected chi connectivity index (χ2v) is 5.90. The lowest BCUT2D eigenvalue weighted by Gasteiger charge is -2.12. The molecular formula is C18H17ClF3N4O+. The largest absolute Gasteiger partial charge is 0.417 e. The molecule has 0 unspecified atom stereocenters. The number of hydrogen-bond donors (Lipinski definition) is 4. The van der Waals surface area contributed by atoms with Crippen LogP contribution in [0.2, 0.25) is 5.02 Å². The Morgan fingerprint density at radius 2 is 1.96 bits per heavy atom. The molecule has 0 fully saturated rings. The second-order valence-electron chi connectivity index (χ2n) is 5.49. The predicted molar refractivity (Wildman–Crippen MR) is 98.9 cm³/mol. The molecule has 0 aromatic heterocycles. The van der Waals surface area contributed by atoms with Gasteiger partial charge in [-0.25, -0.2) is 4.79 Å². The van der Waals surface area contributed by atoms with Gasteiger partial charge in [-0.2, -0.15) is 13.2 Å². The van der Waals surface area contributed by atoms with Crippen LogP contribution in [0.3, 0.4) is 0 Å². The van der Waals surface area contributed by atoms with Gasteiger partial charge in [-0.1, -0.05) is 29.8 Å². The Morgan fingerprint density at radius 1 is 1.22 bits per heavy atom. The molecule has 2 rings (SSSR count). The van der Waals surface area contributed by atoms with Crippen molar-refractivity contribution in [1.29, 1.82) is 0 Å². The van der Waals surface area contributed by atoms with Gasteiger partial charge in [-0.05, 0) is 35.4 Å². The van der Waals surface area contributed by atoms with E-state index in [0.29, 0.717) is 5.57 Å². The van der Waals surface area contributed by atoms with Crippen molar-refractivity contribution in [1.82, 2.24) is 5.32 Å². The van der Waals surface area contributed by atoms with E-state index in [1.165, 1.54) is 18.5 Å². The molecule has 0 aliphatic rings. The Hall–Kier alpha value is -3.00. The third kappa shape index (κ3) is 5.49. The van der Waals surface area contributed by atoms with Crippen LogP contribution in [-0.4, -0.2) is 12.2 Å². The van der Waals surface area contributed by atoms with Crippen molar-refractivity contribution in [2.75, 3.05) is 5.32 Å². The number of halogens is 4. The molecule has 2 aromatic carbocycles. The Kier molecular flexibility index (Phi) is 6.46. The van der Waals surface area contributed by atoms with E-state index < -0.39 is 22.8 Å². The predicted octanol–water partition coefficient (Wildman–Crippen LogP) is 2.81. The number of urea groups is 1. The van der Waals surface area contributed by atoms with E-state index >= 15 is 0 Å². The summed E-state index contributed by atoms with van der Waals surface area (Å²) in [5.74, 6) is 0. The van der Waals surface area contributed by atoms with Crippen molar-refractivity contribution in [2.45, 2.75) is 12.7 Å². The van der Waals surface area contributed by atoms with Crippen LogP contribution in [0.5, 0.6) is 0 Å². The molecule has 0 saturated heterocycles. The van der Waals surface area contributed by atoms with Crippen LogP contribution >= 0.6 is 11.6 Å². The van der Waals surface area contributed by atoms with Crippen molar-refractivity contribution in [3.63, 3.8) is 0 Å². The van der Waals surface area contributed by atoms with Gasteiger partial charge in [0.2, 0.25) is 0 Å². The normalized spacial score (nSPS) is 11.8. The summed E-state index contributed by atoms with van der Waals surface area (Å²) in [6, 6.07) is 9.61. The molecule has 0 saturated carbocycles. The van der Waals surface area contributed by atoms with Gasteiger partial charge in [-0.3, -0.25) is 5.41 Å². The van der Waals surface area contributed by atoms with E-state index in [0.717, 1.165) is 23.3 Å². The Balaban J connectivity index is 2.03. The van der Waals surface area contributed by atoms with Gasteiger partial charge in [0.05, 0.1) is 16.2 Å². The molecule has 2 aromatic rings. The zero-order chi connectivity index (χ0) is 20.0. The second kappa shape index (κ2) is 8.59. The first kappa shape index (κ1) is 20.3. The number of benzene rings is 2. The first-order valence-electron chi connectivity index (χ1n) is 7.72. The summed E-state index contributed by atoms with van der Waals surface area (Å²) in [6.45, 7) is 0.155.